The summed E-state index contributed by atoms with van der Waals surface area (Å²) in [6.07, 6.45) is -2.88. The van der Waals surface area contributed by atoms with Gasteiger partial charge in [-0.3, -0.25) is 4.79 Å². The standard InChI is InChI=1S/C18H13F3N2OS/c1-11-22-10-16(25-11)17(24)23-15-5-3-2-4-14(15)12-6-8-13(9-7-12)18(19,20)21/h2-10H,1H3,(H,23,24). The van der Waals surface area contributed by atoms with E-state index in [1.807, 2.05) is 0 Å². The SMILES string of the molecule is Cc1ncc(C(=O)Nc2ccccc2-c2ccc(C(F)(F)F)cc2)s1. The molecule has 0 aliphatic heterocycles. The van der Waals surface area contributed by atoms with Gasteiger partial charge in [0, 0.05) is 11.3 Å². The number of benzene rings is 2. The van der Waals surface area contributed by atoms with E-state index < -0.39 is 11.7 Å². The van der Waals surface area contributed by atoms with Gasteiger partial charge in [-0.1, -0.05) is 30.3 Å². The summed E-state index contributed by atoms with van der Waals surface area (Å²) in [4.78, 5) is 16.8. The molecule has 2 aromatic carbocycles. The van der Waals surface area contributed by atoms with Gasteiger partial charge in [-0.25, -0.2) is 4.98 Å². The van der Waals surface area contributed by atoms with Crippen molar-refractivity contribution in [2.45, 2.75) is 13.1 Å². The molecular weight excluding hydrogens is 349 g/mol. The fourth-order valence-corrected chi connectivity index (χ4v) is 3.01. The minimum absolute atomic E-state index is 0.301. The molecule has 0 bridgehead atoms. The highest BCUT2D eigenvalue weighted by Crippen LogP contribution is 2.33. The molecule has 1 aromatic heterocycles. The van der Waals surface area contributed by atoms with Gasteiger partial charge in [-0.05, 0) is 30.7 Å². The first-order valence-corrected chi connectivity index (χ1v) is 8.17. The van der Waals surface area contributed by atoms with Crippen molar-refractivity contribution in [1.29, 1.82) is 0 Å². The third-order valence-corrected chi connectivity index (χ3v) is 4.46. The highest BCUT2D eigenvalue weighted by Gasteiger charge is 2.30. The van der Waals surface area contributed by atoms with Crippen molar-refractivity contribution < 1.29 is 18.0 Å². The number of carbonyl (C=O) groups is 1. The van der Waals surface area contributed by atoms with Gasteiger partial charge in [0.2, 0.25) is 0 Å². The number of nitrogens with one attached hydrogen (secondary N) is 1. The number of alkyl halides is 3. The lowest BCUT2D eigenvalue weighted by Crippen LogP contribution is -2.11. The molecule has 7 heteroatoms. The minimum Gasteiger partial charge on any atom is -0.321 e. The van der Waals surface area contributed by atoms with Crippen LogP contribution in [0, 0.1) is 6.92 Å². The minimum atomic E-state index is -4.38. The van der Waals surface area contributed by atoms with Crippen LogP contribution in [0.2, 0.25) is 0 Å². The van der Waals surface area contributed by atoms with Crippen LogP contribution in [0.15, 0.2) is 54.7 Å². The first-order valence-electron chi connectivity index (χ1n) is 7.35. The van der Waals surface area contributed by atoms with Crippen molar-refractivity contribution in [1.82, 2.24) is 4.98 Å². The number of amides is 1. The van der Waals surface area contributed by atoms with Crippen molar-refractivity contribution in [3.05, 3.63) is 70.2 Å². The summed E-state index contributed by atoms with van der Waals surface area (Å²) in [6, 6.07) is 11.8. The van der Waals surface area contributed by atoms with Gasteiger partial charge in [0.15, 0.2) is 0 Å². The zero-order valence-electron chi connectivity index (χ0n) is 13.1. The summed E-state index contributed by atoms with van der Waals surface area (Å²) in [5.41, 5.74) is 1.05. The Morgan fingerprint density at radius 2 is 1.76 bits per heavy atom. The largest absolute Gasteiger partial charge is 0.416 e. The lowest BCUT2D eigenvalue weighted by Gasteiger charge is -2.12. The van der Waals surface area contributed by atoms with E-state index in [1.165, 1.54) is 29.7 Å². The normalized spacial score (nSPS) is 11.4. The van der Waals surface area contributed by atoms with Gasteiger partial charge < -0.3 is 5.32 Å². The van der Waals surface area contributed by atoms with Crippen molar-refractivity contribution >= 4 is 22.9 Å². The maximum Gasteiger partial charge on any atom is 0.416 e. The molecule has 128 valence electrons. The van der Waals surface area contributed by atoms with Gasteiger partial charge in [0.25, 0.3) is 5.91 Å². The summed E-state index contributed by atoms with van der Waals surface area (Å²) >= 11 is 1.27. The van der Waals surface area contributed by atoms with E-state index in [-0.39, 0.29) is 5.91 Å². The summed E-state index contributed by atoms with van der Waals surface area (Å²) in [6.45, 7) is 1.80. The molecule has 3 rings (SSSR count). The second-order valence-corrected chi connectivity index (χ2v) is 6.55. The molecule has 0 radical (unpaired) electrons. The summed E-state index contributed by atoms with van der Waals surface area (Å²) in [5, 5.41) is 3.57. The van der Waals surface area contributed by atoms with Gasteiger partial charge in [-0.2, -0.15) is 13.2 Å². The number of aryl methyl sites for hydroxylation is 1. The number of hydrogen-bond donors (Lipinski definition) is 1. The number of nitrogens with zero attached hydrogens (tertiary/aromatic N) is 1. The molecule has 0 aliphatic rings. The Kier molecular flexibility index (Phi) is 4.59. The maximum absolute atomic E-state index is 12.7. The molecule has 0 fully saturated rings. The average molecular weight is 362 g/mol. The molecule has 1 N–H and O–H groups in total. The molecule has 0 atom stereocenters. The quantitative estimate of drug-likeness (QED) is 0.679. The number of para-hydroxylation sites is 1. The third kappa shape index (κ3) is 3.88. The van der Waals surface area contributed by atoms with Crippen LogP contribution in [-0.4, -0.2) is 10.9 Å². The molecule has 0 spiro atoms. The number of thiazole rings is 1. The van der Waals surface area contributed by atoms with Crippen molar-refractivity contribution in [2.75, 3.05) is 5.32 Å². The van der Waals surface area contributed by atoms with E-state index in [9.17, 15) is 18.0 Å². The van der Waals surface area contributed by atoms with Gasteiger partial charge in [0.1, 0.15) is 4.88 Å². The van der Waals surface area contributed by atoms with E-state index in [0.717, 1.165) is 17.1 Å². The monoisotopic (exact) mass is 362 g/mol. The van der Waals surface area contributed by atoms with Gasteiger partial charge in [-0.15, -0.1) is 11.3 Å². The summed E-state index contributed by atoms with van der Waals surface area (Å²) in [7, 11) is 0. The van der Waals surface area contributed by atoms with Crippen LogP contribution < -0.4 is 5.32 Å². The van der Waals surface area contributed by atoms with Crippen LogP contribution in [0.25, 0.3) is 11.1 Å². The lowest BCUT2D eigenvalue weighted by atomic mass is 10.0. The second-order valence-electron chi connectivity index (χ2n) is 5.32. The third-order valence-electron chi connectivity index (χ3n) is 3.54. The van der Waals surface area contributed by atoms with E-state index in [2.05, 4.69) is 10.3 Å². The van der Waals surface area contributed by atoms with E-state index in [1.54, 1.807) is 31.2 Å². The van der Waals surface area contributed by atoms with Gasteiger partial charge in [0.05, 0.1) is 16.8 Å². The molecule has 0 saturated heterocycles. The Balaban J connectivity index is 1.89. The fourth-order valence-electron chi connectivity index (χ4n) is 2.33. The Hall–Kier alpha value is -2.67. The van der Waals surface area contributed by atoms with E-state index in [0.29, 0.717) is 21.7 Å². The zero-order chi connectivity index (χ0) is 18.0. The molecule has 3 nitrogen and oxygen atoms in total. The Morgan fingerprint density at radius 1 is 1.08 bits per heavy atom. The molecule has 0 unspecified atom stereocenters. The maximum atomic E-state index is 12.7. The predicted octanol–water partition coefficient (Wildman–Crippen LogP) is 5.39. The van der Waals surface area contributed by atoms with Crippen LogP contribution >= 0.6 is 11.3 Å². The van der Waals surface area contributed by atoms with Crippen molar-refractivity contribution in [2.24, 2.45) is 0 Å². The molecule has 0 aliphatic carbocycles. The first kappa shape index (κ1) is 17.2. The number of aromatic nitrogens is 1. The zero-order valence-corrected chi connectivity index (χ0v) is 13.9. The molecule has 25 heavy (non-hydrogen) atoms. The number of anilines is 1. The fraction of sp³-hybridized carbons (Fsp3) is 0.111. The first-order chi connectivity index (χ1) is 11.8. The number of rotatable bonds is 3. The number of carbonyl (C=O) groups excluding carboxylic acids is 1. The summed E-state index contributed by atoms with van der Waals surface area (Å²) in [5.74, 6) is -0.301. The van der Waals surface area contributed by atoms with Gasteiger partial charge >= 0.3 is 6.18 Å². The Bertz CT molecular complexity index is 901. The molecular formula is C18H13F3N2OS. The van der Waals surface area contributed by atoms with Crippen molar-refractivity contribution in [3.8, 4) is 11.1 Å². The molecule has 1 amide bonds. The van der Waals surface area contributed by atoms with E-state index >= 15 is 0 Å². The average Bonchev–Trinajstić information content (AvgIpc) is 3.01. The lowest BCUT2D eigenvalue weighted by molar-refractivity contribution is -0.137. The van der Waals surface area contributed by atoms with E-state index in [4.69, 9.17) is 0 Å². The van der Waals surface area contributed by atoms with Crippen LogP contribution in [-0.2, 0) is 6.18 Å². The van der Waals surface area contributed by atoms with Crippen molar-refractivity contribution in [3.63, 3.8) is 0 Å². The topological polar surface area (TPSA) is 42.0 Å². The highest BCUT2D eigenvalue weighted by molar-refractivity contribution is 7.13. The molecule has 1 heterocycles. The number of hydrogen-bond acceptors (Lipinski definition) is 3. The highest BCUT2D eigenvalue weighted by atomic mass is 32.1. The van der Waals surface area contributed by atoms with Crippen LogP contribution in [0.5, 0.6) is 0 Å². The molecule has 0 saturated carbocycles. The van der Waals surface area contributed by atoms with Crippen LogP contribution in [0.1, 0.15) is 20.2 Å². The van der Waals surface area contributed by atoms with Crippen LogP contribution in [0.3, 0.4) is 0 Å². The number of halogens is 3. The summed E-state index contributed by atoms with van der Waals surface area (Å²) < 4.78 is 38.1. The second kappa shape index (κ2) is 6.68. The Morgan fingerprint density at radius 3 is 2.36 bits per heavy atom. The Labute approximate surface area is 146 Å². The smallest absolute Gasteiger partial charge is 0.321 e. The predicted molar refractivity (Wildman–Crippen MR) is 91.7 cm³/mol. The molecule has 3 aromatic rings. The van der Waals surface area contributed by atoms with Crippen LogP contribution in [0.4, 0.5) is 18.9 Å².